The number of allylic oxidation sites excluding steroid dienone is 6. The van der Waals surface area contributed by atoms with Gasteiger partial charge in [-0.1, -0.05) is 24.8 Å². The van der Waals surface area contributed by atoms with Gasteiger partial charge in [0.25, 0.3) is 0 Å². The van der Waals surface area contributed by atoms with E-state index >= 15 is 0 Å². The molecule has 0 aliphatic heterocycles. The highest BCUT2D eigenvalue weighted by Gasteiger charge is 1.97. The summed E-state index contributed by atoms with van der Waals surface area (Å²) in [7, 11) is 0. The van der Waals surface area contributed by atoms with E-state index in [-0.39, 0.29) is 0 Å². The Morgan fingerprint density at radius 3 is 2.80 bits per heavy atom. The molecule has 1 aliphatic rings. The number of hydrogen-bond donors (Lipinski definition) is 0. The first kappa shape index (κ1) is 6.79. The van der Waals surface area contributed by atoms with Crippen LogP contribution in [0.4, 0.5) is 0 Å². The topological polar surface area (TPSA) is 17.1 Å². The lowest BCUT2D eigenvalue weighted by Gasteiger charge is -2.00. The normalized spacial score (nSPS) is 16.0. The third-order valence-corrected chi connectivity index (χ3v) is 1.40. The second-order valence-corrected chi connectivity index (χ2v) is 2.07. The molecule has 0 bridgehead atoms. The van der Waals surface area contributed by atoms with Crippen molar-refractivity contribution in [2.75, 3.05) is 0 Å². The van der Waals surface area contributed by atoms with Crippen molar-refractivity contribution in [1.29, 1.82) is 0 Å². The molecule has 50 valence electrons. The highest BCUT2D eigenvalue weighted by atomic mass is 16.1. The molecule has 0 aromatic heterocycles. The summed E-state index contributed by atoms with van der Waals surface area (Å²) in [6.45, 7) is 3.61. The van der Waals surface area contributed by atoms with E-state index in [4.69, 9.17) is 0 Å². The van der Waals surface area contributed by atoms with Crippen LogP contribution in [-0.4, -0.2) is 5.94 Å². The first-order valence-corrected chi connectivity index (χ1v) is 3.11. The quantitative estimate of drug-likeness (QED) is 0.497. The molecule has 0 N–H and O–H groups in total. The van der Waals surface area contributed by atoms with E-state index in [0.717, 1.165) is 5.57 Å². The molecule has 0 radical (unpaired) electrons. The molecule has 0 heterocycles. The van der Waals surface area contributed by atoms with Crippen molar-refractivity contribution < 1.29 is 4.79 Å². The zero-order valence-corrected chi connectivity index (χ0v) is 5.63. The molecule has 10 heavy (non-hydrogen) atoms. The van der Waals surface area contributed by atoms with Crippen LogP contribution in [0.2, 0.25) is 0 Å². The minimum absolute atomic E-state index is 0.682. The van der Waals surface area contributed by atoms with Gasteiger partial charge in [-0.25, -0.2) is 4.79 Å². The molecule has 0 saturated heterocycles. The van der Waals surface area contributed by atoms with Crippen LogP contribution in [0.25, 0.3) is 0 Å². The summed E-state index contributed by atoms with van der Waals surface area (Å²) in [5, 5.41) is 0. The Labute approximate surface area is 60.1 Å². The second kappa shape index (κ2) is 3.00. The number of hydrogen-bond acceptors (Lipinski definition) is 1. The smallest absolute Gasteiger partial charge is 0.128 e. The molecular formula is C9H8O. The lowest BCUT2D eigenvalue weighted by Crippen LogP contribution is -1.84. The molecule has 0 spiro atoms. The summed E-state index contributed by atoms with van der Waals surface area (Å²) in [4.78, 5) is 10.1. The average molecular weight is 132 g/mol. The largest absolute Gasteiger partial charge is 0.233 e. The van der Waals surface area contributed by atoms with Gasteiger partial charge in [0.05, 0.1) is 0 Å². The van der Waals surface area contributed by atoms with Crippen LogP contribution >= 0.6 is 0 Å². The van der Waals surface area contributed by atoms with E-state index in [9.17, 15) is 4.79 Å². The Kier molecular flexibility index (Phi) is 2.03. The van der Waals surface area contributed by atoms with Crippen LogP contribution < -0.4 is 0 Å². The predicted octanol–water partition coefficient (Wildman–Crippen LogP) is 1.82. The summed E-state index contributed by atoms with van der Waals surface area (Å²) in [6.07, 6.45) is 8.02. The lowest BCUT2D eigenvalue weighted by molar-refractivity contribution is 0.567. The maximum absolute atomic E-state index is 10.1. The van der Waals surface area contributed by atoms with Gasteiger partial charge in [0.1, 0.15) is 5.94 Å². The van der Waals surface area contributed by atoms with E-state index in [1.54, 1.807) is 12.2 Å². The van der Waals surface area contributed by atoms with Crippen molar-refractivity contribution in [3.05, 3.63) is 42.0 Å². The van der Waals surface area contributed by atoms with Gasteiger partial charge in [0.2, 0.25) is 0 Å². The molecule has 1 aliphatic carbocycles. The van der Waals surface area contributed by atoms with Crippen LogP contribution in [0.1, 0.15) is 6.42 Å². The number of carbonyl (C=O) groups excluding carboxylic acids is 1. The summed E-state index contributed by atoms with van der Waals surface area (Å²) < 4.78 is 0. The van der Waals surface area contributed by atoms with Crippen molar-refractivity contribution in [1.82, 2.24) is 0 Å². The van der Waals surface area contributed by atoms with Gasteiger partial charge in [-0.15, -0.1) is 0 Å². The Morgan fingerprint density at radius 2 is 2.40 bits per heavy atom. The van der Waals surface area contributed by atoms with Crippen molar-refractivity contribution >= 4 is 5.94 Å². The second-order valence-electron chi connectivity index (χ2n) is 2.07. The number of rotatable bonds is 1. The molecule has 0 aromatic rings. The van der Waals surface area contributed by atoms with Crippen LogP contribution in [-0.2, 0) is 4.79 Å². The van der Waals surface area contributed by atoms with E-state index in [2.05, 4.69) is 6.58 Å². The third kappa shape index (κ3) is 1.34. The van der Waals surface area contributed by atoms with Gasteiger partial charge < -0.3 is 0 Å². The first-order chi connectivity index (χ1) is 4.86. The molecule has 0 amide bonds. The van der Waals surface area contributed by atoms with E-state index in [1.807, 2.05) is 18.1 Å². The molecular weight excluding hydrogens is 124 g/mol. The highest BCUT2D eigenvalue weighted by molar-refractivity contribution is 5.60. The minimum Gasteiger partial charge on any atom is -0.233 e. The SMILES string of the molecule is C=CC1=CCC(=C=O)C=C1. The fourth-order valence-corrected chi connectivity index (χ4v) is 0.788. The monoisotopic (exact) mass is 132 g/mol. The maximum Gasteiger partial charge on any atom is 0.128 e. The van der Waals surface area contributed by atoms with Gasteiger partial charge in [-0.3, -0.25) is 0 Å². The third-order valence-electron chi connectivity index (χ3n) is 1.40. The Morgan fingerprint density at radius 1 is 1.60 bits per heavy atom. The summed E-state index contributed by atoms with van der Waals surface area (Å²) >= 11 is 0. The Balaban J connectivity index is 2.81. The summed E-state index contributed by atoms with van der Waals surface area (Å²) in [6, 6.07) is 0. The van der Waals surface area contributed by atoms with Gasteiger partial charge in [-0.2, -0.15) is 0 Å². The molecule has 0 fully saturated rings. The van der Waals surface area contributed by atoms with Crippen molar-refractivity contribution in [2.24, 2.45) is 0 Å². The van der Waals surface area contributed by atoms with E-state index < -0.39 is 0 Å². The standard InChI is InChI=1S/C9H8O/c1-2-8-3-5-9(7-10)6-4-8/h2-5H,1,6H2. The van der Waals surface area contributed by atoms with E-state index in [0.29, 0.717) is 12.0 Å². The average Bonchev–Trinajstić information content (AvgIpc) is 2.05. The van der Waals surface area contributed by atoms with Crippen LogP contribution in [0.3, 0.4) is 0 Å². The lowest BCUT2D eigenvalue weighted by atomic mass is 10.0. The van der Waals surface area contributed by atoms with Gasteiger partial charge in [0.15, 0.2) is 0 Å². The minimum atomic E-state index is 0.682. The fourth-order valence-electron chi connectivity index (χ4n) is 0.788. The summed E-state index contributed by atoms with van der Waals surface area (Å²) in [5.41, 5.74) is 1.77. The highest BCUT2D eigenvalue weighted by Crippen LogP contribution is 2.12. The Hall–Kier alpha value is -1.33. The van der Waals surface area contributed by atoms with Crippen LogP contribution in [0.5, 0.6) is 0 Å². The maximum atomic E-state index is 10.1. The van der Waals surface area contributed by atoms with E-state index in [1.165, 1.54) is 0 Å². The first-order valence-electron chi connectivity index (χ1n) is 3.11. The zero-order chi connectivity index (χ0) is 7.40. The molecule has 0 aromatic carbocycles. The fraction of sp³-hybridized carbons (Fsp3) is 0.111. The van der Waals surface area contributed by atoms with Crippen LogP contribution in [0.15, 0.2) is 42.0 Å². The van der Waals surface area contributed by atoms with Crippen molar-refractivity contribution in [3.63, 3.8) is 0 Å². The van der Waals surface area contributed by atoms with Gasteiger partial charge >= 0.3 is 0 Å². The van der Waals surface area contributed by atoms with Gasteiger partial charge in [-0.05, 0) is 11.6 Å². The Bertz CT molecular complexity index is 250. The van der Waals surface area contributed by atoms with Crippen molar-refractivity contribution in [2.45, 2.75) is 6.42 Å². The summed E-state index contributed by atoms with van der Waals surface area (Å²) in [5.74, 6) is 1.85. The molecule has 0 atom stereocenters. The predicted molar refractivity (Wildman–Crippen MR) is 41.2 cm³/mol. The zero-order valence-electron chi connectivity index (χ0n) is 5.63. The molecule has 1 nitrogen and oxygen atoms in total. The molecule has 0 unspecified atom stereocenters. The molecule has 1 heteroatoms. The van der Waals surface area contributed by atoms with Crippen LogP contribution in [0, 0.1) is 0 Å². The van der Waals surface area contributed by atoms with Crippen molar-refractivity contribution in [3.8, 4) is 0 Å². The van der Waals surface area contributed by atoms with Gasteiger partial charge in [0, 0.05) is 12.0 Å². The molecule has 0 saturated carbocycles. The molecule has 1 rings (SSSR count).